The zero-order chi connectivity index (χ0) is 18.9. The highest BCUT2D eigenvalue weighted by atomic mass is 16.3. The first-order chi connectivity index (χ1) is 12.2. The zero-order valence-electron chi connectivity index (χ0n) is 15.7. The summed E-state index contributed by atoms with van der Waals surface area (Å²) in [6.45, 7) is 3.46. The van der Waals surface area contributed by atoms with Crippen LogP contribution in [0.5, 0.6) is 0 Å². The summed E-state index contributed by atoms with van der Waals surface area (Å²) in [6.07, 6.45) is 5.74. The molecule has 0 spiro atoms. The van der Waals surface area contributed by atoms with E-state index < -0.39 is 29.5 Å². The third-order valence-electron chi connectivity index (χ3n) is 8.65. The standard InChI is InChI=1S/C21H30O5/c1-19-7-5-13(23)9-12(19)3-4-14-15-6-8-21(26,17(25)11-22)20(15,2)10-16(24)18(14)19/h9,14-16,18,22,24,26H,3-8,10-11H2,1-2H3/t14-,15-,16-,18+,19+,20-,21-/m1/s1. The van der Waals surface area contributed by atoms with Crippen LogP contribution in [0.2, 0.25) is 0 Å². The Balaban J connectivity index is 1.74. The van der Waals surface area contributed by atoms with E-state index in [1.807, 2.05) is 6.92 Å². The lowest BCUT2D eigenvalue weighted by atomic mass is 9.45. The molecule has 0 saturated heterocycles. The van der Waals surface area contributed by atoms with Crippen LogP contribution in [0.3, 0.4) is 0 Å². The molecule has 0 aromatic carbocycles. The minimum Gasteiger partial charge on any atom is -0.393 e. The lowest BCUT2D eigenvalue weighted by Gasteiger charge is -2.60. The Morgan fingerprint density at radius 3 is 2.65 bits per heavy atom. The first kappa shape index (κ1) is 18.3. The van der Waals surface area contributed by atoms with Gasteiger partial charge in [0, 0.05) is 11.8 Å². The molecule has 0 radical (unpaired) electrons. The Hall–Kier alpha value is -1.04. The molecule has 0 unspecified atom stereocenters. The number of Topliss-reactive ketones (excluding diaryl/α,β-unsaturated/α-hetero) is 1. The number of fused-ring (bicyclic) bond motifs is 5. The van der Waals surface area contributed by atoms with Gasteiger partial charge in [-0.05, 0) is 67.8 Å². The van der Waals surface area contributed by atoms with E-state index in [0.29, 0.717) is 19.3 Å². The third-order valence-corrected chi connectivity index (χ3v) is 8.65. The van der Waals surface area contributed by atoms with E-state index in [0.717, 1.165) is 25.7 Å². The molecule has 0 aromatic rings. The summed E-state index contributed by atoms with van der Waals surface area (Å²) in [7, 11) is 0. The fraction of sp³-hybridized carbons (Fsp3) is 0.810. The number of allylic oxidation sites excluding steroid dienone is 1. The molecule has 3 N–H and O–H groups in total. The third kappa shape index (κ3) is 2.14. The highest BCUT2D eigenvalue weighted by Gasteiger charge is 2.68. The predicted molar refractivity (Wildman–Crippen MR) is 95.1 cm³/mol. The summed E-state index contributed by atoms with van der Waals surface area (Å²) >= 11 is 0. The number of ketones is 2. The molecule has 5 nitrogen and oxygen atoms in total. The Bertz CT molecular complexity index is 684. The van der Waals surface area contributed by atoms with Gasteiger partial charge in [-0.3, -0.25) is 9.59 Å². The number of carbonyl (C=O) groups excluding carboxylic acids is 2. The molecule has 5 heteroatoms. The quantitative estimate of drug-likeness (QED) is 0.696. The number of rotatable bonds is 2. The average Bonchev–Trinajstić information content (AvgIpc) is 2.86. The van der Waals surface area contributed by atoms with Crippen LogP contribution >= 0.6 is 0 Å². The smallest absolute Gasteiger partial charge is 0.190 e. The average molecular weight is 362 g/mol. The highest BCUT2D eigenvalue weighted by molar-refractivity contribution is 5.91. The van der Waals surface area contributed by atoms with Crippen molar-refractivity contribution < 1.29 is 24.9 Å². The van der Waals surface area contributed by atoms with Crippen molar-refractivity contribution in [3.8, 4) is 0 Å². The first-order valence-corrected chi connectivity index (χ1v) is 9.96. The van der Waals surface area contributed by atoms with Gasteiger partial charge in [-0.15, -0.1) is 0 Å². The van der Waals surface area contributed by atoms with Crippen LogP contribution < -0.4 is 0 Å². The van der Waals surface area contributed by atoms with Gasteiger partial charge in [-0.25, -0.2) is 0 Å². The van der Waals surface area contributed by atoms with Crippen LogP contribution in [0.25, 0.3) is 0 Å². The van der Waals surface area contributed by atoms with Crippen LogP contribution in [-0.4, -0.2) is 45.2 Å². The Morgan fingerprint density at radius 1 is 1.23 bits per heavy atom. The number of aliphatic hydroxyl groups excluding tert-OH is 2. The van der Waals surface area contributed by atoms with E-state index >= 15 is 0 Å². The van der Waals surface area contributed by atoms with Crippen molar-refractivity contribution in [2.45, 2.75) is 70.5 Å². The molecule has 4 aliphatic rings. The lowest BCUT2D eigenvalue weighted by molar-refractivity contribution is -0.182. The van der Waals surface area contributed by atoms with Gasteiger partial charge in [0.15, 0.2) is 11.6 Å². The second kappa shape index (κ2) is 5.73. The van der Waals surface area contributed by atoms with E-state index in [1.165, 1.54) is 5.57 Å². The number of aliphatic hydroxyl groups is 3. The van der Waals surface area contributed by atoms with E-state index in [4.69, 9.17) is 0 Å². The summed E-state index contributed by atoms with van der Waals surface area (Å²) in [4.78, 5) is 24.3. The van der Waals surface area contributed by atoms with Gasteiger partial charge in [0.2, 0.25) is 0 Å². The zero-order valence-corrected chi connectivity index (χ0v) is 15.7. The molecule has 0 amide bonds. The molecular weight excluding hydrogens is 332 g/mol. The maximum absolute atomic E-state index is 12.4. The fourth-order valence-electron chi connectivity index (χ4n) is 7.28. The molecule has 0 heterocycles. The van der Waals surface area contributed by atoms with Crippen LogP contribution in [0.1, 0.15) is 58.8 Å². The van der Waals surface area contributed by atoms with E-state index in [2.05, 4.69) is 6.92 Å². The van der Waals surface area contributed by atoms with Crippen molar-refractivity contribution in [3.05, 3.63) is 11.6 Å². The molecule has 0 bridgehead atoms. The van der Waals surface area contributed by atoms with Gasteiger partial charge in [0.1, 0.15) is 12.2 Å². The topological polar surface area (TPSA) is 94.8 Å². The molecule has 144 valence electrons. The molecule has 0 aromatic heterocycles. The van der Waals surface area contributed by atoms with Gasteiger partial charge in [0.05, 0.1) is 6.10 Å². The maximum atomic E-state index is 12.4. The molecular formula is C21H30O5. The first-order valence-electron chi connectivity index (χ1n) is 9.96. The van der Waals surface area contributed by atoms with Crippen LogP contribution in [-0.2, 0) is 9.59 Å². The fourth-order valence-corrected chi connectivity index (χ4v) is 7.28. The van der Waals surface area contributed by atoms with Gasteiger partial charge in [0.25, 0.3) is 0 Å². The van der Waals surface area contributed by atoms with Gasteiger partial charge < -0.3 is 15.3 Å². The molecule has 4 aliphatic carbocycles. The van der Waals surface area contributed by atoms with Crippen molar-refractivity contribution in [1.29, 1.82) is 0 Å². The summed E-state index contributed by atoms with van der Waals surface area (Å²) in [5.41, 5.74) is -1.23. The Kier molecular flexibility index (Phi) is 4.04. The molecule has 3 saturated carbocycles. The number of hydrogen-bond donors (Lipinski definition) is 3. The van der Waals surface area contributed by atoms with Crippen molar-refractivity contribution in [2.75, 3.05) is 6.61 Å². The summed E-state index contributed by atoms with van der Waals surface area (Å²) in [5, 5.41) is 31.7. The normalized spacial score (nSPS) is 50.5. The van der Waals surface area contributed by atoms with Gasteiger partial charge >= 0.3 is 0 Å². The van der Waals surface area contributed by atoms with Crippen molar-refractivity contribution >= 4 is 11.6 Å². The molecule has 7 atom stereocenters. The predicted octanol–water partition coefficient (Wildman–Crippen LogP) is 1.78. The SMILES string of the molecule is C[C@]12CCC(=O)C=C1CC[C@H]1[C@H]2[C@H](O)C[C@]2(C)[C@@H]1CC[C@@]2(O)C(=O)CO. The van der Waals surface area contributed by atoms with E-state index in [1.54, 1.807) is 6.08 Å². The second-order valence-corrected chi connectivity index (χ2v) is 9.56. The van der Waals surface area contributed by atoms with Crippen LogP contribution in [0.4, 0.5) is 0 Å². The summed E-state index contributed by atoms with van der Waals surface area (Å²) in [6, 6.07) is 0. The number of carbonyl (C=O) groups is 2. The molecule has 4 rings (SSSR count). The van der Waals surface area contributed by atoms with Gasteiger partial charge in [-0.1, -0.05) is 19.4 Å². The number of hydrogen-bond acceptors (Lipinski definition) is 5. The largest absolute Gasteiger partial charge is 0.393 e. The molecule has 0 aliphatic heterocycles. The summed E-state index contributed by atoms with van der Waals surface area (Å²) in [5.74, 6) is 0.140. The minimum atomic E-state index is -1.54. The Morgan fingerprint density at radius 2 is 1.96 bits per heavy atom. The van der Waals surface area contributed by atoms with Crippen molar-refractivity contribution in [2.24, 2.45) is 28.6 Å². The van der Waals surface area contributed by atoms with Crippen LogP contribution in [0, 0.1) is 28.6 Å². The van der Waals surface area contributed by atoms with Gasteiger partial charge in [-0.2, -0.15) is 0 Å². The lowest BCUT2D eigenvalue weighted by Crippen LogP contribution is -2.62. The molecule has 3 fully saturated rings. The monoisotopic (exact) mass is 362 g/mol. The summed E-state index contributed by atoms with van der Waals surface area (Å²) < 4.78 is 0. The van der Waals surface area contributed by atoms with Crippen molar-refractivity contribution in [1.82, 2.24) is 0 Å². The Labute approximate surface area is 154 Å². The molecule has 26 heavy (non-hydrogen) atoms. The van der Waals surface area contributed by atoms with E-state index in [9.17, 15) is 24.9 Å². The maximum Gasteiger partial charge on any atom is 0.190 e. The van der Waals surface area contributed by atoms with Crippen LogP contribution in [0.15, 0.2) is 11.6 Å². The second-order valence-electron chi connectivity index (χ2n) is 9.56. The minimum absolute atomic E-state index is 0.0697. The van der Waals surface area contributed by atoms with E-state index in [-0.39, 0.29) is 29.0 Å². The highest BCUT2D eigenvalue weighted by Crippen LogP contribution is 2.67. The van der Waals surface area contributed by atoms with Crippen molar-refractivity contribution in [3.63, 3.8) is 0 Å².